The third kappa shape index (κ3) is 3.43. The molecule has 0 saturated heterocycles. The molecule has 1 aromatic heterocycles. The Labute approximate surface area is 107 Å². The van der Waals surface area contributed by atoms with Gasteiger partial charge in [0.1, 0.15) is 0 Å². The standard InChI is InChI=1S/C13H21N3O2/c1-13(2,15(3)4)9-14-12(18)10-6-7-16(5)11(17)8-10/h6-8H,9H2,1-5H3,(H,14,18). The lowest BCUT2D eigenvalue weighted by atomic mass is 10.0. The van der Waals surface area contributed by atoms with Crippen molar-refractivity contribution >= 4 is 5.91 Å². The Kier molecular flexibility index (Phi) is 4.29. The second-order valence-electron chi connectivity index (χ2n) is 5.25. The van der Waals surface area contributed by atoms with Crippen molar-refractivity contribution in [2.75, 3.05) is 20.6 Å². The Morgan fingerprint density at radius 2 is 2.06 bits per heavy atom. The molecule has 100 valence electrons. The second kappa shape index (κ2) is 5.35. The Bertz CT molecular complexity index is 489. The number of carbonyl (C=O) groups excluding carboxylic acids is 1. The van der Waals surface area contributed by atoms with Gasteiger partial charge in [-0.2, -0.15) is 0 Å². The summed E-state index contributed by atoms with van der Waals surface area (Å²) in [5, 5.41) is 2.84. The lowest BCUT2D eigenvalue weighted by molar-refractivity contribution is 0.0919. The first-order chi connectivity index (χ1) is 8.24. The zero-order valence-electron chi connectivity index (χ0n) is 11.7. The van der Waals surface area contributed by atoms with Crippen molar-refractivity contribution in [1.82, 2.24) is 14.8 Å². The van der Waals surface area contributed by atoms with Gasteiger partial charge in [-0.1, -0.05) is 0 Å². The molecular weight excluding hydrogens is 230 g/mol. The maximum atomic E-state index is 11.9. The van der Waals surface area contributed by atoms with E-state index in [1.54, 1.807) is 19.3 Å². The van der Waals surface area contributed by atoms with Crippen molar-refractivity contribution < 1.29 is 4.79 Å². The SMILES string of the molecule is CN(C)C(C)(C)CNC(=O)c1ccn(C)c(=O)c1. The molecule has 18 heavy (non-hydrogen) atoms. The van der Waals surface area contributed by atoms with E-state index >= 15 is 0 Å². The minimum absolute atomic E-state index is 0.130. The molecule has 1 aromatic rings. The minimum atomic E-state index is -0.220. The molecule has 5 nitrogen and oxygen atoms in total. The third-order valence-electron chi connectivity index (χ3n) is 3.26. The van der Waals surface area contributed by atoms with Gasteiger partial charge in [0, 0.05) is 37.0 Å². The average molecular weight is 251 g/mol. The van der Waals surface area contributed by atoms with Gasteiger partial charge < -0.3 is 14.8 Å². The fourth-order valence-electron chi connectivity index (χ4n) is 1.25. The molecule has 0 atom stereocenters. The van der Waals surface area contributed by atoms with Crippen molar-refractivity contribution in [1.29, 1.82) is 0 Å². The number of aromatic nitrogens is 1. The molecule has 1 heterocycles. The quantitative estimate of drug-likeness (QED) is 0.845. The Morgan fingerprint density at radius 1 is 1.44 bits per heavy atom. The number of likely N-dealkylation sites (N-methyl/N-ethyl adjacent to an activating group) is 1. The zero-order valence-corrected chi connectivity index (χ0v) is 11.7. The first-order valence-corrected chi connectivity index (χ1v) is 5.86. The van der Waals surface area contributed by atoms with Crippen LogP contribution in [-0.2, 0) is 7.05 Å². The predicted molar refractivity (Wildman–Crippen MR) is 71.8 cm³/mol. The van der Waals surface area contributed by atoms with E-state index < -0.39 is 0 Å². The minimum Gasteiger partial charge on any atom is -0.350 e. The number of pyridine rings is 1. The van der Waals surface area contributed by atoms with E-state index in [0.717, 1.165) is 0 Å². The van der Waals surface area contributed by atoms with Crippen LogP contribution in [0, 0.1) is 0 Å². The van der Waals surface area contributed by atoms with Gasteiger partial charge in [0.25, 0.3) is 11.5 Å². The van der Waals surface area contributed by atoms with Crippen LogP contribution in [0.3, 0.4) is 0 Å². The van der Waals surface area contributed by atoms with Crippen LogP contribution in [0.1, 0.15) is 24.2 Å². The summed E-state index contributed by atoms with van der Waals surface area (Å²) in [5.74, 6) is -0.220. The summed E-state index contributed by atoms with van der Waals surface area (Å²) in [6, 6.07) is 2.98. The van der Waals surface area contributed by atoms with Gasteiger partial charge in [-0.05, 0) is 34.0 Å². The maximum Gasteiger partial charge on any atom is 0.251 e. The number of aryl methyl sites for hydroxylation is 1. The molecule has 0 unspecified atom stereocenters. The molecule has 0 aliphatic rings. The summed E-state index contributed by atoms with van der Waals surface area (Å²) in [4.78, 5) is 25.4. The molecule has 0 fully saturated rings. The fraction of sp³-hybridized carbons (Fsp3) is 0.538. The van der Waals surface area contributed by atoms with Crippen LogP contribution >= 0.6 is 0 Å². The highest BCUT2D eigenvalue weighted by Crippen LogP contribution is 2.08. The molecule has 0 aromatic carbocycles. The first-order valence-electron chi connectivity index (χ1n) is 5.86. The molecule has 5 heteroatoms. The van der Waals surface area contributed by atoms with Gasteiger partial charge in [0.2, 0.25) is 0 Å². The van der Waals surface area contributed by atoms with E-state index in [9.17, 15) is 9.59 Å². The number of rotatable bonds is 4. The van der Waals surface area contributed by atoms with Crippen LogP contribution in [0.25, 0.3) is 0 Å². The molecule has 1 amide bonds. The van der Waals surface area contributed by atoms with Gasteiger partial charge in [0.05, 0.1) is 0 Å². The number of carbonyl (C=O) groups is 1. The lowest BCUT2D eigenvalue weighted by Crippen LogP contribution is -2.48. The summed E-state index contributed by atoms with van der Waals surface area (Å²) < 4.78 is 1.43. The predicted octanol–water partition coefficient (Wildman–Crippen LogP) is 0.455. The van der Waals surface area contributed by atoms with Crippen molar-refractivity contribution in [2.24, 2.45) is 7.05 Å². The Hall–Kier alpha value is -1.62. The van der Waals surface area contributed by atoms with E-state index in [0.29, 0.717) is 12.1 Å². The molecule has 0 spiro atoms. The smallest absolute Gasteiger partial charge is 0.251 e. The largest absolute Gasteiger partial charge is 0.350 e. The average Bonchev–Trinajstić information content (AvgIpc) is 2.29. The van der Waals surface area contributed by atoms with Gasteiger partial charge in [-0.3, -0.25) is 9.59 Å². The fourth-order valence-corrected chi connectivity index (χ4v) is 1.25. The van der Waals surface area contributed by atoms with E-state index in [4.69, 9.17) is 0 Å². The third-order valence-corrected chi connectivity index (χ3v) is 3.26. The van der Waals surface area contributed by atoms with Crippen LogP contribution in [0.2, 0.25) is 0 Å². The Balaban J connectivity index is 2.72. The normalized spacial score (nSPS) is 11.7. The van der Waals surface area contributed by atoms with E-state index in [1.807, 2.05) is 32.8 Å². The molecule has 0 saturated carbocycles. The molecule has 0 aliphatic carbocycles. The summed E-state index contributed by atoms with van der Waals surface area (Å²) >= 11 is 0. The molecule has 0 bridgehead atoms. The molecular formula is C13H21N3O2. The van der Waals surface area contributed by atoms with Crippen LogP contribution in [0.15, 0.2) is 23.1 Å². The van der Waals surface area contributed by atoms with Crippen molar-refractivity contribution in [3.63, 3.8) is 0 Å². The van der Waals surface area contributed by atoms with Crippen LogP contribution in [0.4, 0.5) is 0 Å². The van der Waals surface area contributed by atoms with Crippen LogP contribution in [0.5, 0.6) is 0 Å². The summed E-state index contributed by atoms with van der Waals surface area (Å²) in [5.41, 5.74) is 0.0808. The van der Waals surface area contributed by atoms with E-state index in [1.165, 1.54) is 10.6 Å². The number of nitrogens with one attached hydrogen (secondary N) is 1. The van der Waals surface area contributed by atoms with Crippen molar-refractivity contribution in [3.05, 3.63) is 34.2 Å². The van der Waals surface area contributed by atoms with Crippen LogP contribution < -0.4 is 10.9 Å². The summed E-state index contributed by atoms with van der Waals surface area (Å²) in [6.07, 6.45) is 1.59. The number of hydrogen-bond acceptors (Lipinski definition) is 3. The van der Waals surface area contributed by atoms with Gasteiger partial charge in [-0.15, -0.1) is 0 Å². The highest BCUT2D eigenvalue weighted by atomic mass is 16.2. The summed E-state index contributed by atoms with van der Waals surface area (Å²) in [7, 11) is 5.58. The topological polar surface area (TPSA) is 54.3 Å². The molecule has 0 radical (unpaired) electrons. The molecule has 1 rings (SSSR count). The monoisotopic (exact) mass is 251 g/mol. The number of amides is 1. The highest BCUT2D eigenvalue weighted by molar-refractivity contribution is 5.94. The van der Waals surface area contributed by atoms with Gasteiger partial charge in [-0.25, -0.2) is 0 Å². The number of nitrogens with zero attached hydrogens (tertiary/aromatic N) is 2. The van der Waals surface area contributed by atoms with Crippen molar-refractivity contribution in [3.8, 4) is 0 Å². The van der Waals surface area contributed by atoms with Gasteiger partial charge >= 0.3 is 0 Å². The molecule has 0 aliphatic heterocycles. The second-order valence-corrected chi connectivity index (χ2v) is 5.25. The maximum absolute atomic E-state index is 11.9. The van der Waals surface area contributed by atoms with E-state index in [2.05, 4.69) is 5.32 Å². The lowest BCUT2D eigenvalue weighted by Gasteiger charge is -2.32. The molecule has 1 N–H and O–H groups in total. The summed E-state index contributed by atoms with van der Waals surface area (Å²) in [6.45, 7) is 4.60. The zero-order chi connectivity index (χ0) is 13.9. The first kappa shape index (κ1) is 14.4. The van der Waals surface area contributed by atoms with E-state index in [-0.39, 0.29) is 17.0 Å². The Morgan fingerprint density at radius 3 is 2.56 bits per heavy atom. The van der Waals surface area contributed by atoms with Crippen LogP contribution in [-0.4, -0.2) is 41.6 Å². The van der Waals surface area contributed by atoms with Crippen molar-refractivity contribution in [2.45, 2.75) is 19.4 Å². The highest BCUT2D eigenvalue weighted by Gasteiger charge is 2.21. The number of hydrogen-bond donors (Lipinski definition) is 1. The van der Waals surface area contributed by atoms with Gasteiger partial charge in [0.15, 0.2) is 0 Å².